The molecule has 0 saturated carbocycles. The second-order valence-corrected chi connectivity index (χ2v) is 10.7. The number of hydrogen-bond donors (Lipinski definition) is 4. The van der Waals surface area contributed by atoms with Crippen molar-refractivity contribution in [2.24, 2.45) is 10.9 Å². The predicted molar refractivity (Wildman–Crippen MR) is 152 cm³/mol. The minimum absolute atomic E-state index is 0. The van der Waals surface area contributed by atoms with Gasteiger partial charge in [-0.3, -0.25) is 14.5 Å². The minimum Gasteiger partial charge on any atom is -0.543 e. The van der Waals surface area contributed by atoms with Gasteiger partial charge in [0.1, 0.15) is 36.5 Å². The summed E-state index contributed by atoms with van der Waals surface area (Å²) in [6.07, 6.45) is 3.52. The van der Waals surface area contributed by atoms with Crippen LogP contribution in [0.5, 0.6) is 0 Å². The van der Waals surface area contributed by atoms with E-state index in [0.717, 1.165) is 21.9 Å². The summed E-state index contributed by atoms with van der Waals surface area (Å²) in [4.78, 5) is 48.7. The Bertz CT molecular complexity index is 1540. The van der Waals surface area contributed by atoms with E-state index in [0.29, 0.717) is 30.2 Å². The van der Waals surface area contributed by atoms with E-state index in [1.165, 1.54) is 11.8 Å². The molecule has 5 heterocycles. The molecule has 15 nitrogen and oxygen atoms in total. The van der Waals surface area contributed by atoms with E-state index in [9.17, 15) is 19.5 Å². The van der Waals surface area contributed by atoms with Gasteiger partial charge in [0, 0.05) is 35.9 Å². The van der Waals surface area contributed by atoms with Crippen LogP contribution in [0.3, 0.4) is 0 Å². The summed E-state index contributed by atoms with van der Waals surface area (Å²) in [5.74, 6) is -1.77. The first-order valence-corrected chi connectivity index (χ1v) is 14.2. The van der Waals surface area contributed by atoms with Gasteiger partial charge in [-0.25, -0.2) is 9.55 Å². The maximum atomic E-state index is 13.1. The van der Waals surface area contributed by atoms with Gasteiger partial charge in [-0.15, -0.1) is 35.5 Å². The number of thiazole rings is 1. The molecule has 6 N–H and O–H groups in total. The van der Waals surface area contributed by atoms with Crippen molar-refractivity contribution in [3.05, 3.63) is 46.9 Å². The molecule has 5 rings (SSSR count). The van der Waals surface area contributed by atoms with Gasteiger partial charge >= 0.3 is 5.65 Å². The number of hydrogen-bond acceptors (Lipinski definition) is 13. The predicted octanol–water partition coefficient (Wildman–Crippen LogP) is -1.70. The number of nitrogens with one attached hydrogen (secondary N) is 2. The summed E-state index contributed by atoms with van der Waals surface area (Å²) in [6.45, 7) is 3.16. The first-order valence-electron chi connectivity index (χ1n) is 12.2. The zero-order valence-corrected chi connectivity index (χ0v) is 24.1. The van der Waals surface area contributed by atoms with E-state index in [4.69, 9.17) is 16.3 Å². The van der Waals surface area contributed by atoms with E-state index in [1.807, 2.05) is 10.6 Å². The number of fused-ring (bicyclic) bond motifs is 2. The lowest BCUT2D eigenvalue weighted by molar-refractivity contribution is -0.662. The number of aliphatic carboxylic acids is 1. The van der Waals surface area contributed by atoms with Crippen LogP contribution in [0.15, 0.2) is 46.3 Å². The number of rotatable bonds is 11. The maximum Gasteiger partial charge on any atom is 0.307 e. The Hall–Kier alpha value is -3.93. The van der Waals surface area contributed by atoms with Gasteiger partial charge in [0.15, 0.2) is 22.9 Å². The summed E-state index contributed by atoms with van der Waals surface area (Å²) in [7, 11) is 0. The Morgan fingerprint density at radius 2 is 2.17 bits per heavy atom. The molecule has 0 aromatic carbocycles. The SMILES string of the molecule is CCO/N=C(\C(=O)N[C@@H]1C(=O)N2C(C(=O)[O-])=C(C[n+]3ccn4nc(NCCN)ccc43)CS[C@H]12)c1csc(N)n1.Cl. The van der Waals surface area contributed by atoms with Crippen LogP contribution in [0, 0.1) is 0 Å². The summed E-state index contributed by atoms with van der Waals surface area (Å²) in [5, 5.41) is 27.4. The molecule has 2 atom stereocenters. The average Bonchev–Trinajstić information content (AvgIpc) is 3.55. The fraction of sp³-hybridized carbons (Fsp3) is 0.348. The van der Waals surface area contributed by atoms with Crippen LogP contribution in [0.2, 0.25) is 0 Å². The molecular formula is C23H27ClN10O5S2. The molecule has 218 valence electrons. The lowest BCUT2D eigenvalue weighted by atomic mass is 10.0. The number of anilines is 2. The molecule has 0 spiro atoms. The third-order valence-corrected chi connectivity index (χ3v) is 8.14. The number of nitrogens with two attached hydrogens (primary N) is 2. The van der Waals surface area contributed by atoms with Crippen LogP contribution in [0.4, 0.5) is 10.9 Å². The number of oxime groups is 1. The highest BCUT2D eigenvalue weighted by molar-refractivity contribution is 8.00. The normalized spacial score (nSPS) is 18.4. The second kappa shape index (κ2) is 12.7. The molecule has 0 aliphatic carbocycles. The molecule has 1 saturated heterocycles. The van der Waals surface area contributed by atoms with Gasteiger partial charge in [-0.05, 0) is 13.0 Å². The third kappa shape index (κ3) is 5.92. The van der Waals surface area contributed by atoms with E-state index in [2.05, 4.69) is 25.9 Å². The van der Waals surface area contributed by atoms with E-state index < -0.39 is 29.2 Å². The number of thioether (sulfide) groups is 1. The van der Waals surface area contributed by atoms with Gasteiger partial charge in [0.25, 0.3) is 11.8 Å². The number of nitrogen functional groups attached to an aromatic ring is 1. The van der Waals surface area contributed by atoms with E-state index >= 15 is 0 Å². The van der Waals surface area contributed by atoms with Crippen LogP contribution in [0.1, 0.15) is 12.6 Å². The van der Waals surface area contributed by atoms with E-state index in [-0.39, 0.29) is 47.8 Å². The Morgan fingerprint density at radius 1 is 1.37 bits per heavy atom. The summed E-state index contributed by atoms with van der Waals surface area (Å²) in [6, 6.07) is 2.68. The fourth-order valence-corrected chi connectivity index (χ4v) is 6.24. The molecule has 2 aliphatic heterocycles. The van der Waals surface area contributed by atoms with Crippen molar-refractivity contribution in [2.45, 2.75) is 24.9 Å². The molecule has 3 aromatic heterocycles. The number of carboxylic acids is 1. The quantitative estimate of drug-likeness (QED) is 0.0819. The molecule has 0 bridgehead atoms. The van der Waals surface area contributed by atoms with Crippen molar-refractivity contribution in [1.29, 1.82) is 0 Å². The second-order valence-electron chi connectivity index (χ2n) is 8.69. The van der Waals surface area contributed by atoms with Gasteiger partial charge in [0.2, 0.25) is 0 Å². The van der Waals surface area contributed by atoms with Crippen LogP contribution < -0.4 is 31.8 Å². The highest BCUT2D eigenvalue weighted by Gasteiger charge is 2.53. The smallest absolute Gasteiger partial charge is 0.307 e. The van der Waals surface area contributed by atoms with Crippen LogP contribution in [-0.4, -0.2) is 79.9 Å². The van der Waals surface area contributed by atoms with Gasteiger partial charge in [-0.2, -0.15) is 0 Å². The lowest BCUT2D eigenvalue weighted by Gasteiger charge is -2.50. The number of carboxylic acid groups (broad SMARTS) is 1. The zero-order chi connectivity index (χ0) is 28.4. The monoisotopic (exact) mass is 622 g/mol. The Balaban J connectivity index is 0.00000387. The van der Waals surface area contributed by atoms with Crippen molar-refractivity contribution in [1.82, 2.24) is 24.8 Å². The molecule has 3 aromatic rings. The number of halogens is 1. The Morgan fingerprint density at radius 3 is 2.85 bits per heavy atom. The highest BCUT2D eigenvalue weighted by atomic mass is 35.5. The number of nitrogens with zero attached hydrogens (tertiary/aromatic N) is 6. The summed E-state index contributed by atoms with van der Waals surface area (Å²) < 4.78 is 3.49. The molecule has 0 radical (unpaired) electrons. The number of amides is 2. The minimum atomic E-state index is -1.47. The van der Waals surface area contributed by atoms with Crippen molar-refractivity contribution in [3.8, 4) is 0 Å². The molecule has 18 heteroatoms. The molecule has 2 aliphatic rings. The average molecular weight is 623 g/mol. The zero-order valence-electron chi connectivity index (χ0n) is 21.7. The summed E-state index contributed by atoms with van der Waals surface area (Å²) in [5.41, 5.74) is 12.3. The first kappa shape index (κ1) is 30.0. The molecule has 41 heavy (non-hydrogen) atoms. The van der Waals surface area contributed by atoms with Crippen LogP contribution in [-0.2, 0) is 25.8 Å². The van der Waals surface area contributed by atoms with Gasteiger partial charge in [-0.1, -0.05) is 14.8 Å². The standard InChI is InChI=1S/C23H26N10O5S2.ClH/c1-2-38-30-16(13-11-40-23(25)27-13)19(34)28-17-20(35)33-18(22(36)37)12(10-39-21(17)33)9-31-7-8-32-15(31)4-3-14(29-32)26-6-5-24;/h3-4,7-8,11,17,21H,2,5-6,9-10,24H2,1H3,(H4-,25,26,27,28,29,34,36,37);1H/b30-16-;/t17-,21-;/m1./s1. The molecule has 2 amide bonds. The highest BCUT2D eigenvalue weighted by Crippen LogP contribution is 2.40. The number of carbonyl (C=O) groups excluding carboxylic acids is 3. The van der Waals surface area contributed by atoms with Crippen LogP contribution >= 0.6 is 35.5 Å². The molecule has 0 unspecified atom stereocenters. The van der Waals surface area contributed by atoms with Gasteiger partial charge in [0.05, 0.1) is 11.7 Å². The van der Waals surface area contributed by atoms with Gasteiger partial charge < -0.3 is 36.8 Å². The molecular weight excluding hydrogens is 596 g/mol. The lowest BCUT2D eigenvalue weighted by Crippen LogP contribution is -2.71. The number of aromatic nitrogens is 4. The largest absolute Gasteiger partial charge is 0.543 e. The van der Waals surface area contributed by atoms with Crippen molar-refractivity contribution in [2.75, 3.05) is 36.5 Å². The Kier molecular flexibility index (Phi) is 9.31. The molecule has 1 fully saturated rings. The number of imidazole rings is 1. The Labute approximate surface area is 248 Å². The number of carbonyl (C=O) groups is 3. The van der Waals surface area contributed by atoms with Crippen LogP contribution in [0.25, 0.3) is 5.65 Å². The van der Waals surface area contributed by atoms with Crippen molar-refractivity contribution in [3.63, 3.8) is 0 Å². The number of β-lactam (4-membered cyclic amide) rings is 1. The summed E-state index contributed by atoms with van der Waals surface area (Å²) >= 11 is 2.47. The topological polar surface area (TPSA) is 209 Å². The van der Waals surface area contributed by atoms with Crippen molar-refractivity contribution >= 4 is 75.6 Å². The fourth-order valence-electron chi connectivity index (χ4n) is 4.35. The maximum absolute atomic E-state index is 13.1. The first-order chi connectivity index (χ1) is 19.3. The van der Waals surface area contributed by atoms with Crippen molar-refractivity contribution < 1.29 is 28.9 Å². The third-order valence-electron chi connectivity index (χ3n) is 6.13. The van der Waals surface area contributed by atoms with E-state index in [1.54, 1.807) is 35.3 Å².